The lowest BCUT2D eigenvalue weighted by Gasteiger charge is -2.24. The molecular weight excluding hydrogens is 354 g/mol. The Labute approximate surface area is 165 Å². The molecule has 0 unspecified atom stereocenters. The quantitative estimate of drug-likeness (QED) is 0.627. The summed E-state index contributed by atoms with van der Waals surface area (Å²) in [5.74, 6) is 1.23. The van der Waals surface area contributed by atoms with Gasteiger partial charge in [-0.05, 0) is 54.9 Å². The van der Waals surface area contributed by atoms with E-state index in [0.717, 1.165) is 5.56 Å². The number of hydrogen-bond acceptors (Lipinski definition) is 3. The van der Waals surface area contributed by atoms with Crippen molar-refractivity contribution in [1.29, 1.82) is 0 Å². The molecular formula is C22H23N3OS. The van der Waals surface area contributed by atoms with Gasteiger partial charge < -0.3 is 15.4 Å². The molecule has 0 aliphatic rings. The molecule has 0 aliphatic carbocycles. The van der Waals surface area contributed by atoms with E-state index in [4.69, 9.17) is 17.0 Å². The van der Waals surface area contributed by atoms with Gasteiger partial charge in [0.1, 0.15) is 0 Å². The number of nitrogens with zero attached hydrogens (tertiary/aromatic N) is 1. The first-order valence-corrected chi connectivity index (χ1v) is 9.18. The number of rotatable bonds is 5. The Morgan fingerprint density at radius 1 is 1.04 bits per heavy atom. The zero-order valence-electron chi connectivity index (χ0n) is 15.7. The highest BCUT2D eigenvalue weighted by Gasteiger charge is 2.18. The molecule has 138 valence electrons. The Balaban J connectivity index is 1.88. The molecule has 5 heteroatoms. The molecule has 0 spiro atoms. The minimum Gasteiger partial charge on any atom is -0.493 e. The van der Waals surface area contributed by atoms with Gasteiger partial charge in [0, 0.05) is 6.20 Å². The first-order chi connectivity index (χ1) is 13.1. The third-order valence-electron chi connectivity index (χ3n) is 4.37. The van der Waals surface area contributed by atoms with E-state index >= 15 is 0 Å². The summed E-state index contributed by atoms with van der Waals surface area (Å²) < 4.78 is 5.34. The van der Waals surface area contributed by atoms with Crippen LogP contribution in [-0.2, 0) is 0 Å². The van der Waals surface area contributed by atoms with Crippen LogP contribution in [0.15, 0.2) is 66.9 Å². The number of benzene rings is 2. The number of thiocarbonyl (C=S) groups is 1. The summed E-state index contributed by atoms with van der Waals surface area (Å²) in [6, 6.07) is 20.3. The van der Waals surface area contributed by atoms with E-state index in [2.05, 4.69) is 59.8 Å². The van der Waals surface area contributed by atoms with Gasteiger partial charge in [-0.3, -0.25) is 0 Å². The van der Waals surface area contributed by atoms with Crippen molar-refractivity contribution in [1.82, 2.24) is 10.3 Å². The molecule has 4 nitrogen and oxygen atoms in total. The second-order valence-corrected chi connectivity index (χ2v) is 6.76. The molecule has 1 heterocycles. The lowest BCUT2D eigenvalue weighted by molar-refractivity contribution is 0.415. The van der Waals surface area contributed by atoms with E-state index in [9.17, 15) is 0 Å². The fourth-order valence-electron chi connectivity index (χ4n) is 3.06. The van der Waals surface area contributed by atoms with E-state index in [1.807, 2.05) is 30.3 Å². The Morgan fingerprint density at radius 3 is 2.52 bits per heavy atom. The highest BCUT2D eigenvalue weighted by atomic mass is 32.1. The van der Waals surface area contributed by atoms with Crippen molar-refractivity contribution in [3.63, 3.8) is 0 Å². The Morgan fingerprint density at radius 2 is 1.81 bits per heavy atom. The van der Waals surface area contributed by atoms with Crippen LogP contribution >= 0.6 is 12.2 Å². The molecule has 1 aromatic heterocycles. The number of aromatic nitrogens is 1. The third kappa shape index (κ3) is 4.63. The zero-order valence-corrected chi connectivity index (χ0v) is 16.5. The van der Waals surface area contributed by atoms with Gasteiger partial charge >= 0.3 is 0 Å². The summed E-state index contributed by atoms with van der Waals surface area (Å²) in [6.07, 6.45) is 1.70. The van der Waals surface area contributed by atoms with Crippen LogP contribution in [0.3, 0.4) is 0 Å². The van der Waals surface area contributed by atoms with Crippen LogP contribution in [0.1, 0.15) is 28.3 Å². The van der Waals surface area contributed by atoms with Crippen LogP contribution < -0.4 is 15.4 Å². The first-order valence-electron chi connectivity index (χ1n) is 8.77. The highest BCUT2D eigenvalue weighted by molar-refractivity contribution is 7.80. The number of hydrogen-bond donors (Lipinski definition) is 2. The summed E-state index contributed by atoms with van der Waals surface area (Å²) >= 11 is 5.57. The monoisotopic (exact) mass is 377 g/mol. The Kier molecular flexibility index (Phi) is 6.04. The molecule has 2 N–H and O–H groups in total. The van der Waals surface area contributed by atoms with E-state index in [1.54, 1.807) is 13.3 Å². The van der Waals surface area contributed by atoms with Crippen molar-refractivity contribution in [2.24, 2.45) is 0 Å². The molecule has 0 amide bonds. The molecule has 27 heavy (non-hydrogen) atoms. The third-order valence-corrected chi connectivity index (χ3v) is 4.59. The topological polar surface area (TPSA) is 46.2 Å². The Hall–Kier alpha value is -2.92. The minimum absolute atomic E-state index is 0.0680. The van der Waals surface area contributed by atoms with Crippen LogP contribution in [0.2, 0.25) is 0 Å². The second-order valence-electron chi connectivity index (χ2n) is 6.36. The Bertz CT molecular complexity index is 928. The van der Waals surface area contributed by atoms with Gasteiger partial charge in [-0.15, -0.1) is 0 Å². The molecule has 3 rings (SSSR count). The molecule has 0 bridgehead atoms. The lowest BCUT2D eigenvalue weighted by Crippen LogP contribution is -2.33. The van der Waals surface area contributed by atoms with Gasteiger partial charge in [-0.2, -0.15) is 0 Å². The summed E-state index contributed by atoms with van der Waals surface area (Å²) in [7, 11) is 1.61. The van der Waals surface area contributed by atoms with Crippen molar-refractivity contribution in [3.8, 4) is 5.75 Å². The number of anilines is 1. The molecule has 0 radical (unpaired) electrons. The van der Waals surface area contributed by atoms with Crippen LogP contribution in [0.4, 0.5) is 5.82 Å². The van der Waals surface area contributed by atoms with E-state index in [0.29, 0.717) is 16.7 Å². The van der Waals surface area contributed by atoms with Crippen molar-refractivity contribution >= 4 is 23.1 Å². The molecule has 0 saturated carbocycles. The van der Waals surface area contributed by atoms with E-state index < -0.39 is 0 Å². The lowest BCUT2D eigenvalue weighted by atomic mass is 9.94. The summed E-state index contributed by atoms with van der Waals surface area (Å²) in [4.78, 5) is 4.31. The van der Waals surface area contributed by atoms with Crippen LogP contribution in [-0.4, -0.2) is 17.2 Å². The number of nitrogens with one attached hydrogen (secondary N) is 2. The normalized spacial score (nSPS) is 11.5. The predicted octanol–water partition coefficient (Wildman–Crippen LogP) is 4.78. The molecule has 0 saturated heterocycles. The number of methoxy groups -OCH3 is 1. The van der Waals surface area contributed by atoms with E-state index in [-0.39, 0.29) is 6.04 Å². The van der Waals surface area contributed by atoms with Gasteiger partial charge in [0.25, 0.3) is 0 Å². The highest BCUT2D eigenvalue weighted by Crippen LogP contribution is 2.26. The summed E-state index contributed by atoms with van der Waals surface area (Å²) in [5.41, 5.74) is 4.78. The van der Waals surface area contributed by atoms with Crippen molar-refractivity contribution in [3.05, 3.63) is 89.1 Å². The average molecular weight is 378 g/mol. The fourth-order valence-corrected chi connectivity index (χ4v) is 3.27. The van der Waals surface area contributed by atoms with Crippen LogP contribution in [0, 0.1) is 13.8 Å². The van der Waals surface area contributed by atoms with Crippen molar-refractivity contribution in [2.75, 3.05) is 12.4 Å². The SMILES string of the molecule is COc1cccnc1NC(=S)N[C@H](c1ccccc1)c1ccc(C)cc1C. The minimum atomic E-state index is -0.0680. The first kappa shape index (κ1) is 18.9. The van der Waals surface area contributed by atoms with Crippen molar-refractivity contribution in [2.45, 2.75) is 19.9 Å². The number of aryl methyl sites for hydroxylation is 2. The molecule has 0 fully saturated rings. The van der Waals surface area contributed by atoms with Crippen molar-refractivity contribution < 1.29 is 4.74 Å². The smallest absolute Gasteiger partial charge is 0.174 e. The summed E-state index contributed by atoms with van der Waals surface area (Å²) in [6.45, 7) is 4.22. The van der Waals surface area contributed by atoms with Crippen LogP contribution in [0.25, 0.3) is 0 Å². The molecule has 3 aromatic rings. The molecule has 0 aliphatic heterocycles. The molecule has 1 atom stereocenters. The molecule has 2 aromatic carbocycles. The number of ether oxygens (including phenoxy) is 1. The van der Waals surface area contributed by atoms with Gasteiger partial charge in [0.05, 0.1) is 13.2 Å². The summed E-state index contributed by atoms with van der Waals surface area (Å²) in [5, 5.41) is 7.07. The fraction of sp³-hybridized carbons (Fsp3) is 0.182. The second kappa shape index (κ2) is 8.64. The number of pyridine rings is 1. The van der Waals surface area contributed by atoms with Gasteiger partial charge in [0.15, 0.2) is 16.7 Å². The largest absolute Gasteiger partial charge is 0.493 e. The zero-order chi connectivity index (χ0) is 19.2. The predicted molar refractivity (Wildman–Crippen MR) is 114 cm³/mol. The van der Waals surface area contributed by atoms with Gasteiger partial charge in [0.2, 0.25) is 0 Å². The maximum absolute atomic E-state index is 5.57. The standard InChI is InChI=1S/C22H23N3OS/c1-15-11-12-18(16(2)14-15)20(17-8-5-4-6-9-17)24-22(27)25-21-19(26-3)10-7-13-23-21/h4-14,20H,1-3H3,(H2,23,24,25,27)/t20-/m1/s1. The average Bonchev–Trinajstić information content (AvgIpc) is 2.68. The maximum atomic E-state index is 5.57. The van der Waals surface area contributed by atoms with Gasteiger partial charge in [-0.1, -0.05) is 54.1 Å². The van der Waals surface area contributed by atoms with Crippen LogP contribution in [0.5, 0.6) is 5.75 Å². The van der Waals surface area contributed by atoms with E-state index in [1.165, 1.54) is 16.7 Å². The van der Waals surface area contributed by atoms with Gasteiger partial charge in [-0.25, -0.2) is 4.98 Å². The maximum Gasteiger partial charge on any atom is 0.174 e.